The highest BCUT2D eigenvalue weighted by molar-refractivity contribution is 5.77. The number of nitrogens with one attached hydrogen (secondary N) is 1. The number of hydrogen-bond donors (Lipinski definition) is 1. The van der Waals surface area contributed by atoms with Crippen LogP contribution in [0.1, 0.15) is 74.1 Å². The minimum absolute atomic E-state index is 0.0421. The zero-order valence-electron chi connectivity index (χ0n) is 17.7. The number of amides is 2. The molecule has 2 aromatic rings. The van der Waals surface area contributed by atoms with E-state index in [4.69, 9.17) is 10.1 Å². The van der Waals surface area contributed by atoms with Crippen molar-refractivity contribution in [3.05, 3.63) is 28.7 Å². The molecule has 2 amide bonds. The molecule has 0 bridgehead atoms. The molecule has 156 valence electrons. The Labute approximate surface area is 171 Å². The minimum Gasteiger partial charge on any atom is -0.356 e. The lowest BCUT2D eigenvalue weighted by Gasteiger charge is -2.22. The van der Waals surface area contributed by atoms with Crippen molar-refractivity contribution >= 4 is 17.5 Å². The van der Waals surface area contributed by atoms with Crippen molar-refractivity contribution in [1.82, 2.24) is 24.8 Å². The fourth-order valence-electron chi connectivity index (χ4n) is 4.35. The van der Waals surface area contributed by atoms with Crippen LogP contribution in [-0.4, -0.2) is 44.4 Å². The molecule has 2 aromatic heterocycles. The van der Waals surface area contributed by atoms with Crippen LogP contribution in [0.4, 0.5) is 0 Å². The van der Waals surface area contributed by atoms with Gasteiger partial charge in [0.1, 0.15) is 0 Å². The van der Waals surface area contributed by atoms with Crippen molar-refractivity contribution in [2.75, 3.05) is 13.1 Å². The predicted octanol–water partition coefficient (Wildman–Crippen LogP) is 2.88. The Kier molecular flexibility index (Phi) is 5.56. The SMILES string of the molecule is CCC(=O)N1CCC[C@@H]1c1cc2nc(C)c(CCC(=O)NCC3CC3)c(C)n2n1. The number of hydrogen-bond acceptors (Lipinski definition) is 4. The molecule has 0 spiro atoms. The first kappa shape index (κ1) is 19.9. The molecule has 2 fully saturated rings. The molecule has 7 nitrogen and oxygen atoms in total. The third-order valence-electron chi connectivity index (χ3n) is 6.29. The van der Waals surface area contributed by atoms with Crippen LogP contribution in [0.15, 0.2) is 6.07 Å². The Bertz CT molecular complexity index is 931. The molecule has 3 heterocycles. The molecule has 0 aromatic carbocycles. The van der Waals surface area contributed by atoms with E-state index in [0.29, 0.717) is 25.2 Å². The van der Waals surface area contributed by atoms with Crippen molar-refractivity contribution in [3.63, 3.8) is 0 Å². The first-order valence-corrected chi connectivity index (χ1v) is 10.9. The summed E-state index contributed by atoms with van der Waals surface area (Å²) in [7, 11) is 0. The Morgan fingerprint density at radius 2 is 2.03 bits per heavy atom. The van der Waals surface area contributed by atoms with Crippen LogP contribution < -0.4 is 5.32 Å². The van der Waals surface area contributed by atoms with E-state index in [0.717, 1.165) is 54.2 Å². The molecule has 0 unspecified atom stereocenters. The Balaban J connectivity index is 1.53. The van der Waals surface area contributed by atoms with Gasteiger partial charge in [0.15, 0.2) is 5.65 Å². The molecule has 1 aliphatic heterocycles. The van der Waals surface area contributed by atoms with Crippen LogP contribution in [-0.2, 0) is 16.0 Å². The summed E-state index contributed by atoms with van der Waals surface area (Å²) in [6.45, 7) is 7.56. The van der Waals surface area contributed by atoms with Gasteiger partial charge in [-0.3, -0.25) is 9.59 Å². The van der Waals surface area contributed by atoms with Crippen LogP contribution in [0, 0.1) is 19.8 Å². The summed E-state index contributed by atoms with van der Waals surface area (Å²) in [6, 6.07) is 2.05. The standard InChI is InChI=1S/C22H31N5O2/c1-4-22(29)26-11-5-6-19(26)18-12-20-24-14(2)17(15(3)27(20)25-18)9-10-21(28)23-13-16-7-8-16/h12,16,19H,4-11,13H2,1-3H3,(H,23,28)/t19-/m1/s1. The van der Waals surface area contributed by atoms with E-state index in [9.17, 15) is 9.59 Å². The number of aryl methyl sites for hydroxylation is 2. The maximum absolute atomic E-state index is 12.3. The minimum atomic E-state index is 0.0421. The van der Waals surface area contributed by atoms with Gasteiger partial charge in [0.2, 0.25) is 11.8 Å². The number of carbonyl (C=O) groups excluding carboxylic acids is 2. The lowest BCUT2D eigenvalue weighted by atomic mass is 10.1. The molecule has 2 aliphatic rings. The third-order valence-corrected chi connectivity index (χ3v) is 6.29. The summed E-state index contributed by atoms with van der Waals surface area (Å²) >= 11 is 0. The normalized spacial score (nSPS) is 19.1. The van der Waals surface area contributed by atoms with E-state index in [1.807, 2.05) is 36.3 Å². The number of nitrogens with zero attached hydrogens (tertiary/aromatic N) is 4. The maximum atomic E-state index is 12.3. The molecule has 4 rings (SSSR count). The quantitative estimate of drug-likeness (QED) is 0.779. The Morgan fingerprint density at radius 1 is 1.24 bits per heavy atom. The van der Waals surface area contributed by atoms with E-state index in [1.165, 1.54) is 12.8 Å². The van der Waals surface area contributed by atoms with E-state index in [-0.39, 0.29) is 17.9 Å². The fourth-order valence-corrected chi connectivity index (χ4v) is 4.35. The van der Waals surface area contributed by atoms with E-state index < -0.39 is 0 Å². The maximum Gasteiger partial charge on any atom is 0.222 e. The zero-order valence-corrected chi connectivity index (χ0v) is 17.7. The highest BCUT2D eigenvalue weighted by Gasteiger charge is 2.31. The van der Waals surface area contributed by atoms with Gasteiger partial charge in [0.25, 0.3) is 0 Å². The molecule has 0 radical (unpaired) electrons. The summed E-state index contributed by atoms with van der Waals surface area (Å²) in [5, 5.41) is 7.85. The summed E-state index contributed by atoms with van der Waals surface area (Å²) < 4.78 is 1.88. The van der Waals surface area contributed by atoms with Gasteiger partial charge in [-0.05, 0) is 57.4 Å². The topological polar surface area (TPSA) is 79.6 Å². The van der Waals surface area contributed by atoms with Gasteiger partial charge in [-0.2, -0.15) is 5.10 Å². The van der Waals surface area contributed by atoms with E-state index in [2.05, 4.69) is 5.32 Å². The second-order valence-electron chi connectivity index (χ2n) is 8.45. The molecule has 1 atom stereocenters. The van der Waals surface area contributed by atoms with Crippen molar-refractivity contribution in [2.45, 2.75) is 71.8 Å². The van der Waals surface area contributed by atoms with Crippen LogP contribution in [0.3, 0.4) is 0 Å². The second-order valence-corrected chi connectivity index (χ2v) is 8.45. The smallest absolute Gasteiger partial charge is 0.222 e. The number of aromatic nitrogens is 3. The van der Waals surface area contributed by atoms with Crippen molar-refractivity contribution in [1.29, 1.82) is 0 Å². The first-order valence-electron chi connectivity index (χ1n) is 10.9. The van der Waals surface area contributed by atoms with Crippen LogP contribution in [0.25, 0.3) is 5.65 Å². The molecule has 1 saturated carbocycles. The van der Waals surface area contributed by atoms with Gasteiger partial charge in [0.05, 0.1) is 11.7 Å². The third kappa shape index (κ3) is 4.14. The van der Waals surface area contributed by atoms with Gasteiger partial charge in [-0.1, -0.05) is 6.92 Å². The first-order chi connectivity index (χ1) is 14.0. The molecule has 1 aliphatic carbocycles. The summed E-state index contributed by atoms with van der Waals surface area (Å²) in [4.78, 5) is 31.1. The van der Waals surface area contributed by atoms with Crippen molar-refractivity contribution in [2.24, 2.45) is 5.92 Å². The lowest BCUT2D eigenvalue weighted by molar-refractivity contribution is -0.131. The van der Waals surface area contributed by atoms with E-state index >= 15 is 0 Å². The van der Waals surface area contributed by atoms with Gasteiger partial charge < -0.3 is 10.2 Å². The predicted molar refractivity (Wildman–Crippen MR) is 110 cm³/mol. The van der Waals surface area contributed by atoms with Gasteiger partial charge in [-0.15, -0.1) is 0 Å². The van der Waals surface area contributed by atoms with Gasteiger partial charge in [-0.25, -0.2) is 9.50 Å². The number of rotatable bonds is 7. The highest BCUT2D eigenvalue weighted by Crippen LogP contribution is 2.32. The number of likely N-dealkylation sites (tertiary alicyclic amines) is 1. The highest BCUT2D eigenvalue weighted by atomic mass is 16.2. The van der Waals surface area contributed by atoms with Gasteiger partial charge >= 0.3 is 0 Å². The van der Waals surface area contributed by atoms with Crippen LogP contribution in [0.2, 0.25) is 0 Å². The molecular formula is C22H31N5O2. The van der Waals surface area contributed by atoms with E-state index in [1.54, 1.807) is 0 Å². The average Bonchev–Trinajstić information content (AvgIpc) is 3.23. The zero-order chi connectivity index (χ0) is 20.5. The second kappa shape index (κ2) is 8.13. The molecule has 1 saturated heterocycles. The average molecular weight is 398 g/mol. The molecular weight excluding hydrogens is 366 g/mol. The molecule has 1 N–H and O–H groups in total. The van der Waals surface area contributed by atoms with Crippen molar-refractivity contribution < 1.29 is 9.59 Å². The van der Waals surface area contributed by atoms with Crippen LogP contribution in [0.5, 0.6) is 0 Å². The summed E-state index contributed by atoms with van der Waals surface area (Å²) in [5.74, 6) is 0.984. The largest absolute Gasteiger partial charge is 0.356 e. The van der Waals surface area contributed by atoms with Crippen molar-refractivity contribution in [3.8, 4) is 0 Å². The van der Waals surface area contributed by atoms with Gasteiger partial charge in [0, 0.05) is 43.4 Å². The van der Waals surface area contributed by atoms with Crippen LogP contribution >= 0.6 is 0 Å². The molecule has 29 heavy (non-hydrogen) atoms. The monoisotopic (exact) mass is 397 g/mol. The summed E-state index contributed by atoms with van der Waals surface area (Å²) in [6.07, 6.45) is 6.09. The number of carbonyl (C=O) groups is 2. The molecule has 7 heteroatoms. The number of fused-ring (bicyclic) bond motifs is 1. The lowest BCUT2D eigenvalue weighted by Crippen LogP contribution is -2.30. The summed E-state index contributed by atoms with van der Waals surface area (Å²) in [5.41, 5.74) is 4.79. The fraction of sp³-hybridized carbons (Fsp3) is 0.636. The Hall–Kier alpha value is -2.44. The Morgan fingerprint density at radius 3 is 2.76 bits per heavy atom.